The van der Waals surface area contributed by atoms with Gasteiger partial charge < -0.3 is 5.32 Å². The minimum absolute atomic E-state index is 0.0519. The minimum atomic E-state index is 0.0519. The molecular formula is C9H17N5OS. The molecule has 1 N–H and O–H groups in total. The first-order valence-corrected chi connectivity index (χ1v) is 6.41. The standard InChI is InChI=1S/C9H17N5OS/c1-4-10-9(15)6-16-5-8-11-12-13-14(8)7(2)3/h7H,4-6H2,1-3H3,(H,10,15). The number of rotatable bonds is 6. The lowest BCUT2D eigenvalue weighted by Crippen LogP contribution is -2.24. The lowest BCUT2D eigenvalue weighted by molar-refractivity contribution is -0.118. The van der Waals surface area contributed by atoms with Gasteiger partial charge in [-0.2, -0.15) is 0 Å². The third kappa shape index (κ3) is 3.80. The number of thioether (sulfide) groups is 1. The van der Waals surface area contributed by atoms with Crippen LogP contribution in [0.3, 0.4) is 0 Å². The molecule has 0 aliphatic heterocycles. The highest BCUT2D eigenvalue weighted by Gasteiger charge is 2.09. The van der Waals surface area contributed by atoms with Crippen LogP contribution in [-0.4, -0.2) is 38.4 Å². The van der Waals surface area contributed by atoms with E-state index in [0.717, 1.165) is 5.82 Å². The van der Waals surface area contributed by atoms with Crippen molar-refractivity contribution in [3.8, 4) is 0 Å². The number of nitrogens with zero attached hydrogens (tertiary/aromatic N) is 4. The fourth-order valence-corrected chi connectivity index (χ4v) is 1.95. The van der Waals surface area contributed by atoms with Crippen LogP contribution in [0.15, 0.2) is 0 Å². The molecule has 1 amide bonds. The predicted molar refractivity (Wildman–Crippen MR) is 63.0 cm³/mol. The lowest BCUT2D eigenvalue weighted by atomic mass is 10.4. The van der Waals surface area contributed by atoms with Crippen LogP contribution in [-0.2, 0) is 10.5 Å². The van der Waals surface area contributed by atoms with Crippen molar-refractivity contribution >= 4 is 17.7 Å². The molecule has 1 rings (SSSR count). The summed E-state index contributed by atoms with van der Waals surface area (Å²) in [4.78, 5) is 11.2. The summed E-state index contributed by atoms with van der Waals surface area (Å²) in [5.74, 6) is 1.96. The molecule has 0 spiro atoms. The molecule has 0 aliphatic rings. The molecule has 16 heavy (non-hydrogen) atoms. The molecule has 0 radical (unpaired) electrons. The first-order chi connectivity index (χ1) is 7.65. The van der Waals surface area contributed by atoms with E-state index in [1.54, 1.807) is 4.68 Å². The Morgan fingerprint density at radius 3 is 2.94 bits per heavy atom. The van der Waals surface area contributed by atoms with E-state index in [1.807, 2.05) is 20.8 Å². The smallest absolute Gasteiger partial charge is 0.229 e. The van der Waals surface area contributed by atoms with Gasteiger partial charge in [0.15, 0.2) is 5.82 Å². The number of tetrazole rings is 1. The second kappa shape index (κ2) is 6.47. The van der Waals surface area contributed by atoms with Crippen LogP contribution in [0.2, 0.25) is 0 Å². The van der Waals surface area contributed by atoms with E-state index in [0.29, 0.717) is 18.1 Å². The Morgan fingerprint density at radius 1 is 1.56 bits per heavy atom. The van der Waals surface area contributed by atoms with E-state index in [9.17, 15) is 4.79 Å². The van der Waals surface area contributed by atoms with Crippen LogP contribution in [0.25, 0.3) is 0 Å². The van der Waals surface area contributed by atoms with E-state index in [4.69, 9.17) is 0 Å². The molecule has 90 valence electrons. The molecule has 0 atom stereocenters. The Bertz CT molecular complexity index is 338. The SMILES string of the molecule is CCNC(=O)CSCc1nnnn1C(C)C. The molecular weight excluding hydrogens is 226 g/mol. The largest absolute Gasteiger partial charge is 0.356 e. The van der Waals surface area contributed by atoms with Crippen molar-refractivity contribution < 1.29 is 4.79 Å². The number of amides is 1. The van der Waals surface area contributed by atoms with Gasteiger partial charge in [0.05, 0.1) is 17.5 Å². The Kier molecular flexibility index (Phi) is 5.24. The summed E-state index contributed by atoms with van der Waals surface area (Å²) in [6.07, 6.45) is 0. The van der Waals surface area contributed by atoms with E-state index in [1.165, 1.54) is 11.8 Å². The molecule has 1 aromatic rings. The van der Waals surface area contributed by atoms with Crippen LogP contribution in [0.1, 0.15) is 32.6 Å². The molecule has 0 saturated heterocycles. The molecule has 0 bridgehead atoms. The maximum absolute atomic E-state index is 11.2. The molecule has 1 aromatic heterocycles. The Balaban J connectivity index is 2.37. The van der Waals surface area contributed by atoms with Gasteiger partial charge in [0.1, 0.15) is 0 Å². The lowest BCUT2D eigenvalue weighted by Gasteiger charge is -2.07. The fourth-order valence-electron chi connectivity index (χ4n) is 1.19. The molecule has 0 fully saturated rings. The second-order valence-electron chi connectivity index (χ2n) is 3.58. The first kappa shape index (κ1) is 13.0. The number of nitrogens with one attached hydrogen (secondary N) is 1. The van der Waals surface area contributed by atoms with E-state index < -0.39 is 0 Å². The van der Waals surface area contributed by atoms with Crippen molar-refractivity contribution in [2.24, 2.45) is 0 Å². The van der Waals surface area contributed by atoms with E-state index in [-0.39, 0.29) is 11.9 Å². The van der Waals surface area contributed by atoms with Crippen LogP contribution in [0, 0.1) is 0 Å². The van der Waals surface area contributed by atoms with Gasteiger partial charge in [-0.25, -0.2) is 4.68 Å². The number of carbonyl (C=O) groups is 1. The van der Waals surface area contributed by atoms with Gasteiger partial charge in [-0.05, 0) is 31.2 Å². The number of aromatic nitrogens is 4. The van der Waals surface area contributed by atoms with Crippen molar-refractivity contribution in [3.05, 3.63) is 5.82 Å². The quantitative estimate of drug-likeness (QED) is 0.793. The zero-order valence-electron chi connectivity index (χ0n) is 9.80. The maximum atomic E-state index is 11.2. The number of hydrogen-bond donors (Lipinski definition) is 1. The highest BCUT2D eigenvalue weighted by molar-refractivity contribution is 7.99. The van der Waals surface area contributed by atoms with Crippen molar-refractivity contribution in [2.75, 3.05) is 12.3 Å². The van der Waals surface area contributed by atoms with Gasteiger partial charge in [-0.15, -0.1) is 16.9 Å². The summed E-state index contributed by atoms with van der Waals surface area (Å²) < 4.78 is 1.77. The normalized spacial score (nSPS) is 10.8. The van der Waals surface area contributed by atoms with Gasteiger partial charge in [0.25, 0.3) is 0 Å². The molecule has 7 heteroatoms. The number of carbonyl (C=O) groups excluding carboxylic acids is 1. The predicted octanol–water partition coefficient (Wildman–Crippen LogP) is 0.623. The highest BCUT2D eigenvalue weighted by Crippen LogP contribution is 2.11. The molecule has 0 aromatic carbocycles. The fraction of sp³-hybridized carbons (Fsp3) is 0.778. The van der Waals surface area contributed by atoms with Gasteiger partial charge >= 0.3 is 0 Å². The van der Waals surface area contributed by atoms with Gasteiger partial charge in [0, 0.05) is 6.54 Å². The zero-order chi connectivity index (χ0) is 12.0. The average Bonchev–Trinajstić information content (AvgIpc) is 2.66. The Morgan fingerprint density at radius 2 is 2.31 bits per heavy atom. The summed E-state index contributed by atoms with van der Waals surface area (Å²) in [6, 6.07) is 0.245. The first-order valence-electron chi connectivity index (χ1n) is 5.26. The summed E-state index contributed by atoms with van der Waals surface area (Å²) in [6.45, 7) is 6.62. The van der Waals surface area contributed by atoms with Gasteiger partial charge in [-0.3, -0.25) is 4.79 Å². The Hall–Kier alpha value is -1.11. The zero-order valence-corrected chi connectivity index (χ0v) is 10.6. The third-order valence-corrected chi connectivity index (χ3v) is 2.82. The van der Waals surface area contributed by atoms with Crippen molar-refractivity contribution in [1.82, 2.24) is 25.5 Å². The van der Waals surface area contributed by atoms with Crippen LogP contribution in [0.4, 0.5) is 0 Å². The monoisotopic (exact) mass is 243 g/mol. The topological polar surface area (TPSA) is 72.7 Å². The maximum Gasteiger partial charge on any atom is 0.229 e. The highest BCUT2D eigenvalue weighted by atomic mass is 32.2. The Labute approximate surface area is 99.2 Å². The van der Waals surface area contributed by atoms with Crippen molar-refractivity contribution in [2.45, 2.75) is 32.6 Å². The van der Waals surface area contributed by atoms with E-state index in [2.05, 4.69) is 20.8 Å². The second-order valence-corrected chi connectivity index (χ2v) is 4.57. The average molecular weight is 243 g/mol. The summed E-state index contributed by atoms with van der Waals surface area (Å²) in [7, 11) is 0. The van der Waals surface area contributed by atoms with Crippen LogP contribution >= 0.6 is 11.8 Å². The van der Waals surface area contributed by atoms with Crippen molar-refractivity contribution in [3.63, 3.8) is 0 Å². The molecule has 1 heterocycles. The summed E-state index contributed by atoms with van der Waals surface area (Å²) >= 11 is 1.52. The molecule has 0 saturated carbocycles. The number of hydrogen-bond acceptors (Lipinski definition) is 5. The molecule has 6 nitrogen and oxygen atoms in total. The van der Waals surface area contributed by atoms with Gasteiger partial charge in [0.2, 0.25) is 5.91 Å². The third-order valence-electron chi connectivity index (χ3n) is 1.89. The van der Waals surface area contributed by atoms with Crippen LogP contribution < -0.4 is 5.32 Å². The van der Waals surface area contributed by atoms with Crippen molar-refractivity contribution in [1.29, 1.82) is 0 Å². The summed E-state index contributed by atoms with van der Waals surface area (Å²) in [5.41, 5.74) is 0. The van der Waals surface area contributed by atoms with Crippen LogP contribution in [0.5, 0.6) is 0 Å². The van der Waals surface area contributed by atoms with E-state index >= 15 is 0 Å². The molecule has 0 unspecified atom stereocenters. The van der Waals surface area contributed by atoms with Gasteiger partial charge in [-0.1, -0.05) is 0 Å². The summed E-state index contributed by atoms with van der Waals surface area (Å²) in [5, 5.41) is 14.2. The molecule has 0 aliphatic carbocycles. The minimum Gasteiger partial charge on any atom is -0.356 e.